The fraction of sp³-hybridized carbons (Fsp3) is 0.903. The monoisotopic (exact) mass is 495 g/mol. The van der Waals surface area contributed by atoms with E-state index in [9.17, 15) is 15.0 Å². The molecule has 0 saturated carbocycles. The van der Waals surface area contributed by atoms with E-state index in [0.717, 1.165) is 25.7 Å². The van der Waals surface area contributed by atoms with Crippen LogP contribution in [0.3, 0.4) is 0 Å². The molecule has 0 aliphatic carbocycles. The maximum absolute atomic E-state index is 12.2. The molecule has 0 spiro atoms. The van der Waals surface area contributed by atoms with Gasteiger partial charge in [0, 0.05) is 6.42 Å². The number of allylic oxidation sites excluding steroid dienone is 1. The van der Waals surface area contributed by atoms with Crippen LogP contribution in [0, 0.1) is 0 Å². The molecule has 0 aromatic carbocycles. The van der Waals surface area contributed by atoms with E-state index in [1.54, 1.807) is 6.08 Å². The second kappa shape index (κ2) is 27.7. The van der Waals surface area contributed by atoms with Crippen molar-refractivity contribution in [3.8, 4) is 0 Å². The smallest absolute Gasteiger partial charge is 0.220 e. The van der Waals surface area contributed by atoms with Gasteiger partial charge in [-0.15, -0.1) is 0 Å². The topological polar surface area (TPSA) is 69.6 Å². The fourth-order valence-corrected chi connectivity index (χ4v) is 4.59. The van der Waals surface area contributed by atoms with Crippen LogP contribution in [-0.4, -0.2) is 34.9 Å². The highest BCUT2D eigenvalue weighted by molar-refractivity contribution is 5.76. The first-order valence-electron chi connectivity index (χ1n) is 15.4. The van der Waals surface area contributed by atoms with Crippen molar-refractivity contribution >= 4 is 5.91 Å². The van der Waals surface area contributed by atoms with Gasteiger partial charge in [0.15, 0.2) is 0 Å². The van der Waals surface area contributed by atoms with E-state index in [4.69, 9.17) is 0 Å². The fourth-order valence-electron chi connectivity index (χ4n) is 4.59. The summed E-state index contributed by atoms with van der Waals surface area (Å²) in [6.45, 7) is 4.27. The molecule has 4 nitrogen and oxygen atoms in total. The van der Waals surface area contributed by atoms with E-state index in [0.29, 0.717) is 6.42 Å². The van der Waals surface area contributed by atoms with Crippen molar-refractivity contribution in [2.24, 2.45) is 0 Å². The molecule has 0 bridgehead atoms. The molecule has 4 heteroatoms. The Morgan fingerprint density at radius 2 is 1.06 bits per heavy atom. The van der Waals surface area contributed by atoms with Crippen molar-refractivity contribution in [1.82, 2.24) is 5.32 Å². The molecule has 0 aliphatic heterocycles. The quantitative estimate of drug-likeness (QED) is 0.0791. The Labute approximate surface area is 218 Å². The van der Waals surface area contributed by atoms with E-state index in [1.807, 2.05) is 6.08 Å². The van der Waals surface area contributed by atoms with Crippen LogP contribution in [-0.2, 0) is 4.79 Å². The van der Waals surface area contributed by atoms with Gasteiger partial charge < -0.3 is 15.5 Å². The van der Waals surface area contributed by atoms with Crippen LogP contribution in [0.25, 0.3) is 0 Å². The Bertz CT molecular complexity index is 466. The Balaban J connectivity index is 3.67. The van der Waals surface area contributed by atoms with Crippen LogP contribution in [0.5, 0.6) is 0 Å². The number of hydrogen-bond acceptors (Lipinski definition) is 3. The highest BCUT2D eigenvalue weighted by Crippen LogP contribution is 2.13. The highest BCUT2D eigenvalue weighted by atomic mass is 16.3. The molecule has 0 aromatic heterocycles. The zero-order chi connectivity index (χ0) is 25.8. The molecule has 0 aromatic rings. The normalized spacial score (nSPS) is 13.4. The van der Waals surface area contributed by atoms with E-state index >= 15 is 0 Å². The molecule has 0 heterocycles. The third kappa shape index (κ3) is 24.6. The van der Waals surface area contributed by atoms with E-state index in [1.165, 1.54) is 116 Å². The van der Waals surface area contributed by atoms with Crippen LogP contribution in [0.15, 0.2) is 12.2 Å². The molecule has 0 saturated heterocycles. The first-order valence-corrected chi connectivity index (χ1v) is 15.4. The van der Waals surface area contributed by atoms with Gasteiger partial charge in [0.25, 0.3) is 0 Å². The average molecular weight is 496 g/mol. The van der Waals surface area contributed by atoms with Crippen LogP contribution < -0.4 is 5.32 Å². The van der Waals surface area contributed by atoms with Gasteiger partial charge in [0.1, 0.15) is 0 Å². The van der Waals surface area contributed by atoms with Crippen LogP contribution in [0.4, 0.5) is 0 Å². The second-order valence-corrected chi connectivity index (χ2v) is 10.5. The second-order valence-electron chi connectivity index (χ2n) is 10.5. The van der Waals surface area contributed by atoms with Gasteiger partial charge in [-0.2, -0.15) is 0 Å². The van der Waals surface area contributed by atoms with Gasteiger partial charge in [-0.1, -0.05) is 148 Å². The predicted molar refractivity (Wildman–Crippen MR) is 152 cm³/mol. The van der Waals surface area contributed by atoms with Gasteiger partial charge in [-0.05, 0) is 19.3 Å². The van der Waals surface area contributed by atoms with Gasteiger partial charge in [0.05, 0.1) is 18.8 Å². The number of unbranched alkanes of at least 4 members (excludes halogenated alkanes) is 20. The van der Waals surface area contributed by atoms with Crippen LogP contribution >= 0.6 is 0 Å². The van der Waals surface area contributed by atoms with Crippen LogP contribution in [0.1, 0.15) is 162 Å². The van der Waals surface area contributed by atoms with Crippen molar-refractivity contribution in [3.05, 3.63) is 12.2 Å². The molecule has 3 N–H and O–H groups in total. The number of nitrogens with one attached hydrogen (secondary N) is 1. The Morgan fingerprint density at radius 3 is 1.49 bits per heavy atom. The summed E-state index contributed by atoms with van der Waals surface area (Å²) in [6.07, 6.45) is 31.3. The van der Waals surface area contributed by atoms with Gasteiger partial charge >= 0.3 is 0 Å². The Hall–Kier alpha value is -0.870. The standard InChI is InChI=1S/C31H61NO3/c1-3-5-7-9-11-13-15-17-18-20-22-24-26-30(34)29(28-33)32-31(35)27-25-23-21-19-16-14-12-10-8-6-4-2/h24,26,29-30,33-34H,3-23,25,27-28H2,1-2H3,(H,32,35)/b26-24+. The van der Waals surface area contributed by atoms with Crippen molar-refractivity contribution in [2.75, 3.05) is 6.61 Å². The minimum absolute atomic E-state index is 0.0675. The first-order chi connectivity index (χ1) is 17.2. The molecular weight excluding hydrogens is 434 g/mol. The third-order valence-electron chi connectivity index (χ3n) is 7.02. The first kappa shape index (κ1) is 34.1. The van der Waals surface area contributed by atoms with Gasteiger partial charge in [-0.3, -0.25) is 4.79 Å². The molecule has 1 amide bonds. The van der Waals surface area contributed by atoms with Crippen molar-refractivity contribution < 1.29 is 15.0 Å². The number of amides is 1. The molecular formula is C31H61NO3. The predicted octanol–water partition coefficient (Wildman–Crippen LogP) is 8.39. The molecule has 0 aliphatic rings. The zero-order valence-electron chi connectivity index (χ0n) is 23.6. The average Bonchev–Trinajstić information content (AvgIpc) is 2.86. The number of carbonyl (C=O) groups is 1. The lowest BCUT2D eigenvalue weighted by molar-refractivity contribution is -0.123. The molecule has 0 radical (unpaired) electrons. The Kier molecular flexibility index (Phi) is 27.0. The van der Waals surface area contributed by atoms with Gasteiger partial charge in [0.2, 0.25) is 5.91 Å². The number of aliphatic hydroxyl groups excluding tert-OH is 2. The maximum Gasteiger partial charge on any atom is 0.220 e. The number of rotatable bonds is 27. The summed E-state index contributed by atoms with van der Waals surface area (Å²) in [5.74, 6) is -0.0675. The lowest BCUT2D eigenvalue weighted by atomic mass is 10.0. The molecule has 208 valence electrons. The molecule has 2 atom stereocenters. The third-order valence-corrected chi connectivity index (χ3v) is 7.02. The Morgan fingerprint density at radius 1 is 0.657 bits per heavy atom. The van der Waals surface area contributed by atoms with Crippen molar-refractivity contribution in [2.45, 2.75) is 174 Å². The number of hydrogen-bond donors (Lipinski definition) is 3. The summed E-state index contributed by atoms with van der Waals surface area (Å²) >= 11 is 0. The SMILES string of the molecule is CCCCCCCCCCCC/C=C/C(O)C(CO)NC(=O)CCCCCCCCCCCCC. The molecule has 2 unspecified atom stereocenters. The van der Waals surface area contributed by atoms with Gasteiger partial charge in [-0.25, -0.2) is 0 Å². The lowest BCUT2D eigenvalue weighted by Gasteiger charge is -2.20. The minimum Gasteiger partial charge on any atom is -0.394 e. The molecule has 35 heavy (non-hydrogen) atoms. The van der Waals surface area contributed by atoms with E-state index in [2.05, 4.69) is 19.2 Å². The lowest BCUT2D eigenvalue weighted by Crippen LogP contribution is -2.45. The van der Waals surface area contributed by atoms with E-state index in [-0.39, 0.29) is 12.5 Å². The zero-order valence-corrected chi connectivity index (χ0v) is 23.6. The minimum atomic E-state index is -0.829. The molecule has 0 fully saturated rings. The number of aliphatic hydroxyl groups is 2. The summed E-state index contributed by atoms with van der Waals surface area (Å²) < 4.78 is 0. The summed E-state index contributed by atoms with van der Waals surface area (Å²) in [5, 5.41) is 22.7. The van der Waals surface area contributed by atoms with Crippen LogP contribution in [0.2, 0.25) is 0 Å². The molecule has 0 rings (SSSR count). The summed E-state index contributed by atoms with van der Waals surface area (Å²) in [7, 11) is 0. The van der Waals surface area contributed by atoms with Crippen molar-refractivity contribution in [3.63, 3.8) is 0 Å². The summed E-state index contributed by atoms with van der Waals surface area (Å²) in [6, 6.07) is -0.612. The van der Waals surface area contributed by atoms with E-state index < -0.39 is 12.1 Å². The summed E-state index contributed by atoms with van der Waals surface area (Å²) in [4.78, 5) is 12.2. The summed E-state index contributed by atoms with van der Waals surface area (Å²) in [5.41, 5.74) is 0. The largest absolute Gasteiger partial charge is 0.394 e. The van der Waals surface area contributed by atoms with Crippen molar-refractivity contribution in [1.29, 1.82) is 0 Å². The highest BCUT2D eigenvalue weighted by Gasteiger charge is 2.17. The maximum atomic E-state index is 12.2. The number of carbonyl (C=O) groups excluding carboxylic acids is 1.